The molecule has 2 aliphatic rings. The van der Waals surface area contributed by atoms with Crippen molar-refractivity contribution < 1.29 is 9.53 Å². The molecule has 0 aromatic carbocycles. The van der Waals surface area contributed by atoms with Gasteiger partial charge in [-0.15, -0.1) is 0 Å². The summed E-state index contributed by atoms with van der Waals surface area (Å²) in [5.41, 5.74) is 1.68. The van der Waals surface area contributed by atoms with E-state index in [-0.39, 0.29) is 6.09 Å². The van der Waals surface area contributed by atoms with Gasteiger partial charge in [-0.25, -0.2) is 4.79 Å². The SMILES string of the molecule is CC(C)(C)OC(=O)N1CCC2=C1CN=C2Br. The Morgan fingerprint density at radius 3 is 2.81 bits per heavy atom. The molecule has 0 fully saturated rings. The van der Waals surface area contributed by atoms with Crippen molar-refractivity contribution in [2.45, 2.75) is 32.8 Å². The van der Waals surface area contributed by atoms with Crippen molar-refractivity contribution in [3.05, 3.63) is 11.3 Å². The van der Waals surface area contributed by atoms with Crippen molar-refractivity contribution >= 4 is 26.6 Å². The molecule has 0 aromatic rings. The van der Waals surface area contributed by atoms with Crippen LogP contribution in [0, 0.1) is 0 Å². The first kappa shape index (κ1) is 11.6. The molecule has 0 radical (unpaired) electrons. The van der Waals surface area contributed by atoms with Crippen molar-refractivity contribution in [3.63, 3.8) is 0 Å². The number of ether oxygens (including phenoxy) is 1. The lowest BCUT2D eigenvalue weighted by molar-refractivity contribution is 0.0329. The Hall–Kier alpha value is -0.840. The van der Waals surface area contributed by atoms with Gasteiger partial charge in [0.25, 0.3) is 0 Å². The van der Waals surface area contributed by atoms with Gasteiger partial charge >= 0.3 is 6.09 Å². The van der Waals surface area contributed by atoms with Crippen LogP contribution in [0.15, 0.2) is 16.3 Å². The van der Waals surface area contributed by atoms with Gasteiger partial charge in [0.1, 0.15) is 10.2 Å². The van der Waals surface area contributed by atoms with E-state index in [1.807, 2.05) is 20.8 Å². The van der Waals surface area contributed by atoms with E-state index >= 15 is 0 Å². The number of amides is 1. The predicted molar refractivity (Wildman–Crippen MR) is 65.8 cm³/mol. The van der Waals surface area contributed by atoms with Gasteiger partial charge in [-0.2, -0.15) is 0 Å². The van der Waals surface area contributed by atoms with Gasteiger partial charge in [-0.05, 0) is 43.1 Å². The van der Waals surface area contributed by atoms with Crippen LogP contribution in [-0.4, -0.2) is 34.3 Å². The zero-order valence-corrected chi connectivity index (χ0v) is 11.3. The molecule has 5 heteroatoms. The van der Waals surface area contributed by atoms with Crippen LogP contribution in [-0.2, 0) is 4.74 Å². The summed E-state index contributed by atoms with van der Waals surface area (Å²) in [6.45, 7) is 6.89. The number of hydrogen-bond donors (Lipinski definition) is 0. The largest absolute Gasteiger partial charge is 0.443 e. The van der Waals surface area contributed by atoms with E-state index in [9.17, 15) is 4.79 Å². The van der Waals surface area contributed by atoms with Crippen LogP contribution < -0.4 is 0 Å². The quantitative estimate of drug-likeness (QED) is 0.687. The molecule has 0 aliphatic carbocycles. The van der Waals surface area contributed by atoms with Crippen LogP contribution in [0.4, 0.5) is 4.79 Å². The van der Waals surface area contributed by atoms with E-state index in [0.29, 0.717) is 13.1 Å². The maximum absolute atomic E-state index is 11.9. The molecule has 2 heterocycles. The highest BCUT2D eigenvalue weighted by atomic mass is 79.9. The maximum atomic E-state index is 11.9. The second kappa shape index (κ2) is 3.87. The minimum Gasteiger partial charge on any atom is -0.443 e. The summed E-state index contributed by atoms with van der Waals surface area (Å²) in [6.07, 6.45) is 0.591. The molecule has 4 nitrogen and oxygen atoms in total. The fraction of sp³-hybridized carbons (Fsp3) is 0.636. The van der Waals surface area contributed by atoms with Crippen LogP contribution in [0.3, 0.4) is 0 Å². The molecule has 0 unspecified atom stereocenters. The van der Waals surface area contributed by atoms with Crippen molar-refractivity contribution in [1.29, 1.82) is 0 Å². The van der Waals surface area contributed by atoms with Gasteiger partial charge in [0, 0.05) is 12.1 Å². The van der Waals surface area contributed by atoms with E-state index < -0.39 is 5.60 Å². The van der Waals surface area contributed by atoms with Gasteiger partial charge in [-0.3, -0.25) is 9.89 Å². The first-order chi connectivity index (χ1) is 7.38. The van der Waals surface area contributed by atoms with E-state index in [2.05, 4.69) is 20.9 Å². The Labute approximate surface area is 103 Å². The van der Waals surface area contributed by atoms with Crippen LogP contribution >= 0.6 is 15.9 Å². The molecule has 0 N–H and O–H groups in total. The molecule has 1 amide bonds. The second-order valence-electron chi connectivity index (χ2n) is 4.91. The summed E-state index contributed by atoms with van der Waals surface area (Å²) in [4.78, 5) is 17.9. The van der Waals surface area contributed by atoms with Gasteiger partial charge < -0.3 is 4.74 Å². The molecule has 2 rings (SSSR count). The number of rotatable bonds is 0. The van der Waals surface area contributed by atoms with Crippen LogP contribution in [0.5, 0.6) is 0 Å². The number of aliphatic imine (C=N–C) groups is 1. The van der Waals surface area contributed by atoms with E-state index in [1.54, 1.807) is 4.90 Å². The first-order valence-electron chi connectivity index (χ1n) is 5.31. The van der Waals surface area contributed by atoms with Gasteiger partial charge in [0.2, 0.25) is 0 Å². The molecule has 16 heavy (non-hydrogen) atoms. The Morgan fingerprint density at radius 1 is 1.50 bits per heavy atom. The Balaban J connectivity index is 2.09. The smallest absolute Gasteiger partial charge is 0.414 e. The monoisotopic (exact) mass is 286 g/mol. The molecule has 0 spiro atoms. The van der Waals surface area contributed by atoms with Gasteiger partial charge in [0.05, 0.1) is 12.2 Å². The number of carbonyl (C=O) groups excluding carboxylic acids is 1. The van der Waals surface area contributed by atoms with E-state index in [0.717, 1.165) is 22.3 Å². The average Bonchev–Trinajstić information content (AvgIpc) is 2.66. The third-order valence-corrected chi connectivity index (χ3v) is 3.22. The van der Waals surface area contributed by atoms with Crippen LogP contribution in [0.2, 0.25) is 0 Å². The Morgan fingerprint density at radius 2 is 2.19 bits per heavy atom. The summed E-state index contributed by atoms with van der Waals surface area (Å²) in [5.74, 6) is 0. The third-order valence-electron chi connectivity index (χ3n) is 2.49. The zero-order chi connectivity index (χ0) is 11.9. The third kappa shape index (κ3) is 2.14. The van der Waals surface area contributed by atoms with Crippen molar-refractivity contribution in [1.82, 2.24) is 4.90 Å². The molecule has 88 valence electrons. The first-order valence-corrected chi connectivity index (χ1v) is 6.10. The van der Waals surface area contributed by atoms with Gasteiger partial charge in [-0.1, -0.05) is 0 Å². The predicted octanol–water partition coefficient (Wildman–Crippen LogP) is 2.69. The zero-order valence-electron chi connectivity index (χ0n) is 9.71. The number of halogens is 1. The summed E-state index contributed by atoms with van der Waals surface area (Å²) in [5, 5.41) is 0. The topological polar surface area (TPSA) is 41.9 Å². The van der Waals surface area contributed by atoms with Crippen molar-refractivity contribution in [2.75, 3.05) is 13.1 Å². The summed E-state index contributed by atoms with van der Waals surface area (Å²) in [7, 11) is 0. The molecule has 2 aliphatic heterocycles. The molecule has 0 atom stereocenters. The van der Waals surface area contributed by atoms with E-state index in [4.69, 9.17) is 4.74 Å². The number of carbonyl (C=O) groups is 1. The highest BCUT2D eigenvalue weighted by molar-refractivity contribution is 9.18. The van der Waals surface area contributed by atoms with Crippen LogP contribution in [0.25, 0.3) is 0 Å². The summed E-state index contributed by atoms with van der Waals surface area (Å²) >= 11 is 3.40. The van der Waals surface area contributed by atoms with Crippen molar-refractivity contribution in [2.24, 2.45) is 4.99 Å². The Kier molecular flexibility index (Phi) is 2.82. The maximum Gasteiger partial charge on any atom is 0.414 e. The fourth-order valence-corrected chi connectivity index (χ4v) is 2.38. The van der Waals surface area contributed by atoms with Crippen molar-refractivity contribution in [3.8, 4) is 0 Å². The summed E-state index contributed by atoms with van der Waals surface area (Å²) in [6, 6.07) is 0. The van der Waals surface area contributed by atoms with Gasteiger partial charge in [0.15, 0.2) is 0 Å². The van der Waals surface area contributed by atoms with E-state index in [1.165, 1.54) is 0 Å². The summed E-state index contributed by atoms with van der Waals surface area (Å²) < 4.78 is 6.23. The number of nitrogens with zero attached hydrogens (tertiary/aromatic N) is 2. The lowest BCUT2D eigenvalue weighted by atomic mass is 10.2. The lowest BCUT2D eigenvalue weighted by Gasteiger charge is -2.25. The Bertz CT molecular complexity index is 393. The highest BCUT2D eigenvalue weighted by Gasteiger charge is 2.34. The molecule has 0 bridgehead atoms. The molecule has 0 saturated carbocycles. The molecular formula is C11H15BrN2O2. The minimum atomic E-state index is -0.447. The highest BCUT2D eigenvalue weighted by Crippen LogP contribution is 2.31. The molecule has 0 saturated heterocycles. The standard InChI is InChI=1S/C11H15BrN2O2/c1-11(2,3)16-10(15)14-5-4-7-8(14)6-13-9(7)12/h4-6H2,1-3H3. The second-order valence-corrected chi connectivity index (χ2v) is 5.67. The van der Waals surface area contributed by atoms with Crippen LogP contribution in [0.1, 0.15) is 27.2 Å². The number of hydrogen-bond acceptors (Lipinski definition) is 3. The normalized spacial score (nSPS) is 20.0. The molecular weight excluding hydrogens is 272 g/mol. The minimum absolute atomic E-state index is 0.269. The fourth-order valence-electron chi connectivity index (χ4n) is 1.83. The lowest BCUT2D eigenvalue weighted by Crippen LogP contribution is -2.35. The average molecular weight is 287 g/mol. The molecule has 0 aromatic heterocycles.